The molecule has 6 nitrogen and oxygen atoms in total. The summed E-state index contributed by atoms with van der Waals surface area (Å²) in [7, 11) is 0. The molecule has 1 saturated heterocycles. The second-order valence-electron chi connectivity index (χ2n) is 8.17. The fourth-order valence-electron chi connectivity index (χ4n) is 4.00. The third-order valence-corrected chi connectivity index (χ3v) is 5.96. The highest BCUT2D eigenvalue weighted by molar-refractivity contribution is 6.35. The lowest BCUT2D eigenvalue weighted by molar-refractivity contribution is -0.146. The first-order valence-corrected chi connectivity index (χ1v) is 11.0. The molecule has 0 aromatic heterocycles. The predicted molar refractivity (Wildman–Crippen MR) is 124 cm³/mol. The molecule has 2 aromatic carbocycles. The molecular weight excluding hydrogens is 390 g/mol. The number of rotatable bonds is 5. The molecular formula is C25H33N3O3. The van der Waals surface area contributed by atoms with Crippen LogP contribution >= 0.6 is 0 Å². The van der Waals surface area contributed by atoms with Gasteiger partial charge in [0.1, 0.15) is 5.75 Å². The van der Waals surface area contributed by atoms with E-state index in [9.17, 15) is 9.59 Å². The maximum Gasteiger partial charge on any atom is 0.312 e. The minimum atomic E-state index is -0.573. The molecule has 1 unspecified atom stereocenters. The largest absolute Gasteiger partial charge is 0.494 e. The summed E-state index contributed by atoms with van der Waals surface area (Å²) in [6.07, 6.45) is 0. The van der Waals surface area contributed by atoms with Crippen LogP contribution in [0.3, 0.4) is 0 Å². The van der Waals surface area contributed by atoms with E-state index in [1.54, 1.807) is 4.90 Å². The number of amides is 2. The lowest BCUT2D eigenvalue weighted by atomic mass is 10.0. The van der Waals surface area contributed by atoms with Crippen molar-refractivity contribution < 1.29 is 14.3 Å². The zero-order valence-electron chi connectivity index (χ0n) is 19.2. The Morgan fingerprint density at radius 3 is 2.45 bits per heavy atom. The number of carbonyl (C=O) groups is 2. The Bertz CT molecular complexity index is 949. The van der Waals surface area contributed by atoms with Crippen molar-refractivity contribution in [2.24, 2.45) is 0 Å². The van der Waals surface area contributed by atoms with Gasteiger partial charge in [-0.1, -0.05) is 29.8 Å². The van der Waals surface area contributed by atoms with Crippen LogP contribution in [0.25, 0.3) is 0 Å². The summed E-state index contributed by atoms with van der Waals surface area (Å²) in [4.78, 5) is 29.4. The molecule has 0 bridgehead atoms. The van der Waals surface area contributed by atoms with Gasteiger partial charge in [-0.3, -0.25) is 9.59 Å². The summed E-state index contributed by atoms with van der Waals surface area (Å²) in [5, 5.41) is 2.86. The smallest absolute Gasteiger partial charge is 0.312 e. The highest BCUT2D eigenvalue weighted by Crippen LogP contribution is 2.27. The van der Waals surface area contributed by atoms with Crippen molar-refractivity contribution in [2.45, 2.75) is 40.7 Å². The summed E-state index contributed by atoms with van der Waals surface area (Å²) < 4.78 is 5.69. The van der Waals surface area contributed by atoms with Gasteiger partial charge >= 0.3 is 11.8 Å². The summed E-state index contributed by atoms with van der Waals surface area (Å²) in [6.45, 7) is 13.1. The number of hydrogen-bond acceptors (Lipinski definition) is 4. The quantitative estimate of drug-likeness (QED) is 0.748. The Labute approximate surface area is 185 Å². The van der Waals surface area contributed by atoms with Crippen LogP contribution in [0.4, 0.5) is 5.69 Å². The van der Waals surface area contributed by atoms with Crippen LogP contribution in [0.2, 0.25) is 0 Å². The molecule has 0 radical (unpaired) electrons. The molecule has 1 N–H and O–H groups in total. The van der Waals surface area contributed by atoms with Crippen molar-refractivity contribution in [1.82, 2.24) is 10.2 Å². The summed E-state index contributed by atoms with van der Waals surface area (Å²) in [5.74, 6) is -0.315. The fraction of sp³-hybridized carbons (Fsp3) is 0.440. The van der Waals surface area contributed by atoms with Crippen LogP contribution in [0.15, 0.2) is 36.4 Å². The summed E-state index contributed by atoms with van der Waals surface area (Å²) in [5.41, 5.74) is 5.67. The number of benzene rings is 2. The van der Waals surface area contributed by atoms with Crippen LogP contribution in [0.1, 0.15) is 42.1 Å². The number of aryl methyl sites for hydroxylation is 2. The molecule has 1 fully saturated rings. The van der Waals surface area contributed by atoms with Crippen molar-refractivity contribution in [3.8, 4) is 5.75 Å². The molecule has 31 heavy (non-hydrogen) atoms. The van der Waals surface area contributed by atoms with E-state index in [1.807, 2.05) is 39.0 Å². The zero-order valence-corrected chi connectivity index (χ0v) is 19.2. The maximum absolute atomic E-state index is 12.8. The van der Waals surface area contributed by atoms with Crippen LogP contribution in [-0.2, 0) is 9.59 Å². The average molecular weight is 424 g/mol. The van der Waals surface area contributed by atoms with Gasteiger partial charge in [0.15, 0.2) is 0 Å². The van der Waals surface area contributed by atoms with E-state index in [0.29, 0.717) is 32.8 Å². The topological polar surface area (TPSA) is 61.9 Å². The zero-order chi connectivity index (χ0) is 22.5. The van der Waals surface area contributed by atoms with Gasteiger partial charge in [0.25, 0.3) is 0 Å². The number of anilines is 1. The van der Waals surface area contributed by atoms with Crippen molar-refractivity contribution in [2.75, 3.05) is 37.7 Å². The van der Waals surface area contributed by atoms with Crippen LogP contribution < -0.4 is 15.0 Å². The molecule has 2 amide bonds. The Morgan fingerprint density at radius 1 is 1.06 bits per heavy atom. The van der Waals surface area contributed by atoms with Crippen molar-refractivity contribution in [1.29, 1.82) is 0 Å². The predicted octanol–water partition coefficient (Wildman–Crippen LogP) is 3.54. The van der Waals surface area contributed by atoms with Gasteiger partial charge in [0.2, 0.25) is 0 Å². The SMILES string of the molecule is CCOc1ccc(C)cc1C(C)NC(=O)C(=O)N1CCN(c2cccc(C)c2C)CC1. The number of carbonyl (C=O) groups excluding carboxylic acids is 2. The molecule has 1 heterocycles. The Morgan fingerprint density at radius 2 is 1.77 bits per heavy atom. The van der Waals surface area contributed by atoms with E-state index in [-0.39, 0.29) is 6.04 Å². The standard InChI is InChI=1S/C25H33N3O3/c1-6-31-23-11-10-17(2)16-21(23)20(5)26-24(29)25(30)28-14-12-27(13-15-28)22-9-7-8-18(3)19(22)4/h7-11,16,20H,6,12-15H2,1-5H3,(H,26,29). The first kappa shape index (κ1) is 22.7. The summed E-state index contributed by atoms with van der Waals surface area (Å²) in [6, 6.07) is 11.8. The molecule has 3 rings (SSSR count). The van der Waals surface area contributed by atoms with E-state index in [2.05, 4.69) is 42.3 Å². The highest BCUT2D eigenvalue weighted by Gasteiger charge is 2.28. The number of nitrogens with one attached hydrogen (secondary N) is 1. The number of ether oxygens (including phenoxy) is 1. The van der Waals surface area contributed by atoms with Crippen molar-refractivity contribution in [3.63, 3.8) is 0 Å². The van der Waals surface area contributed by atoms with Gasteiger partial charge in [0, 0.05) is 37.4 Å². The van der Waals surface area contributed by atoms with E-state index in [4.69, 9.17) is 4.74 Å². The van der Waals surface area contributed by atoms with E-state index in [1.165, 1.54) is 16.8 Å². The van der Waals surface area contributed by atoms with Crippen LogP contribution in [0, 0.1) is 20.8 Å². The first-order valence-electron chi connectivity index (χ1n) is 11.0. The van der Waals surface area contributed by atoms with E-state index < -0.39 is 11.8 Å². The number of piperazine rings is 1. The van der Waals surface area contributed by atoms with E-state index >= 15 is 0 Å². The lowest BCUT2D eigenvalue weighted by Gasteiger charge is -2.36. The van der Waals surface area contributed by atoms with Crippen LogP contribution in [0.5, 0.6) is 5.75 Å². The van der Waals surface area contributed by atoms with Crippen molar-refractivity contribution in [3.05, 3.63) is 58.7 Å². The molecule has 0 aliphatic carbocycles. The van der Waals surface area contributed by atoms with Gasteiger partial charge < -0.3 is 19.9 Å². The minimum Gasteiger partial charge on any atom is -0.494 e. The number of hydrogen-bond donors (Lipinski definition) is 1. The van der Waals surface area contributed by atoms with Gasteiger partial charge in [-0.2, -0.15) is 0 Å². The van der Waals surface area contributed by atoms with E-state index in [0.717, 1.165) is 16.9 Å². The van der Waals surface area contributed by atoms with Gasteiger partial charge in [-0.15, -0.1) is 0 Å². The third-order valence-electron chi connectivity index (χ3n) is 5.96. The first-order chi connectivity index (χ1) is 14.8. The molecule has 6 heteroatoms. The van der Waals surface area contributed by atoms with Crippen LogP contribution in [-0.4, -0.2) is 49.5 Å². The monoisotopic (exact) mass is 423 g/mol. The molecule has 0 saturated carbocycles. The minimum absolute atomic E-state index is 0.325. The second-order valence-corrected chi connectivity index (χ2v) is 8.17. The molecule has 0 spiro atoms. The Hall–Kier alpha value is -3.02. The summed E-state index contributed by atoms with van der Waals surface area (Å²) >= 11 is 0. The lowest BCUT2D eigenvalue weighted by Crippen LogP contribution is -2.53. The highest BCUT2D eigenvalue weighted by atomic mass is 16.5. The van der Waals surface area contributed by atoms with Gasteiger partial charge in [-0.25, -0.2) is 0 Å². The van der Waals surface area contributed by atoms with Crippen molar-refractivity contribution >= 4 is 17.5 Å². The fourth-order valence-corrected chi connectivity index (χ4v) is 4.00. The Balaban J connectivity index is 1.61. The van der Waals surface area contributed by atoms with Gasteiger partial charge in [-0.05, 0) is 57.9 Å². The Kier molecular flexibility index (Phi) is 7.21. The third kappa shape index (κ3) is 5.19. The molecule has 1 atom stereocenters. The average Bonchev–Trinajstić information content (AvgIpc) is 2.76. The second kappa shape index (κ2) is 9.86. The normalized spacial score (nSPS) is 14.9. The molecule has 166 valence electrons. The van der Waals surface area contributed by atoms with Gasteiger partial charge in [0.05, 0.1) is 12.6 Å². The molecule has 1 aliphatic heterocycles. The number of nitrogens with zero attached hydrogens (tertiary/aromatic N) is 2. The molecule has 2 aromatic rings. The maximum atomic E-state index is 12.8. The molecule has 1 aliphatic rings.